The first-order chi connectivity index (χ1) is 15.7. The number of benzene rings is 1. The Morgan fingerprint density at radius 1 is 1.21 bits per heavy atom. The number of piperidine rings is 1. The van der Waals surface area contributed by atoms with Gasteiger partial charge in [-0.1, -0.05) is 12.1 Å². The minimum absolute atomic E-state index is 0.00337. The van der Waals surface area contributed by atoms with E-state index in [1.54, 1.807) is 7.11 Å². The van der Waals surface area contributed by atoms with E-state index in [4.69, 9.17) is 13.7 Å². The largest absolute Gasteiger partial charge is 0.486 e. The Morgan fingerprint density at radius 2 is 2.03 bits per heavy atom. The number of methoxy groups -OCH3 is 1. The van der Waals surface area contributed by atoms with Crippen LogP contribution in [-0.2, 0) is 30.9 Å². The summed E-state index contributed by atoms with van der Waals surface area (Å²) in [5, 5.41) is 0. The number of nitrogens with zero attached hydrogens (tertiary/aromatic N) is 1. The van der Waals surface area contributed by atoms with Crippen molar-refractivity contribution in [3.05, 3.63) is 28.8 Å². The van der Waals surface area contributed by atoms with Gasteiger partial charge in [-0.05, 0) is 75.5 Å². The van der Waals surface area contributed by atoms with E-state index < -0.39 is 15.7 Å². The number of aryl methyl sites for hydroxylation is 1. The van der Waals surface area contributed by atoms with E-state index >= 15 is 0 Å². The van der Waals surface area contributed by atoms with Gasteiger partial charge in [0, 0.05) is 42.0 Å². The van der Waals surface area contributed by atoms with Crippen LogP contribution >= 0.6 is 0 Å². The molecule has 2 aliphatic heterocycles. The lowest BCUT2D eigenvalue weighted by atomic mass is 9.35. The van der Waals surface area contributed by atoms with Crippen LogP contribution in [0.1, 0.15) is 55.2 Å². The van der Waals surface area contributed by atoms with Crippen LogP contribution in [0, 0.1) is 24.2 Å². The van der Waals surface area contributed by atoms with Gasteiger partial charge in [0.15, 0.2) is 0 Å². The van der Waals surface area contributed by atoms with Crippen LogP contribution in [0.4, 0.5) is 0 Å². The van der Waals surface area contributed by atoms with Crippen LogP contribution in [0.5, 0.6) is 5.75 Å². The van der Waals surface area contributed by atoms with Gasteiger partial charge >= 0.3 is 0 Å². The highest BCUT2D eigenvalue weighted by Gasteiger charge is 2.80. The van der Waals surface area contributed by atoms with Gasteiger partial charge in [0.25, 0.3) is 10.1 Å². The molecule has 4 bridgehead atoms. The first-order valence-corrected chi connectivity index (χ1v) is 14.5. The molecule has 0 radical (unpaired) electrons. The molecule has 1 aromatic carbocycles. The van der Waals surface area contributed by atoms with Crippen molar-refractivity contribution in [1.29, 1.82) is 0 Å². The van der Waals surface area contributed by atoms with Crippen molar-refractivity contribution < 1.29 is 22.1 Å². The van der Waals surface area contributed by atoms with E-state index in [1.807, 2.05) is 0 Å². The maximum absolute atomic E-state index is 12.0. The monoisotopic (exact) mass is 473 g/mol. The van der Waals surface area contributed by atoms with Crippen molar-refractivity contribution >= 4 is 10.1 Å². The van der Waals surface area contributed by atoms with Gasteiger partial charge in [0.2, 0.25) is 0 Å². The third-order valence-corrected chi connectivity index (χ3v) is 11.1. The van der Waals surface area contributed by atoms with Crippen molar-refractivity contribution in [2.75, 3.05) is 33.1 Å². The topological polar surface area (TPSA) is 65.1 Å². The molecular weight excluding hydrogens is 438 g/mol. The highest BCUT2D eigenvalue weighted by molar-refractivity contribution is 7.85. The molecule has 33 heavy (non-hydrogen) atoms. The first kappa shape index (κ1) is 21.2. The third-order valence-electron chi connectivity index (χ3n) is 10.5. The van der Waals surface area contributed by atoms with E-state index in [0.717, 1.165) is 56.6 Å². The second-order valence-electron chi connectivity index (χ2n) is 11.8. The molecule has 6 nitrogen and oxygen atoms in total. The lowest BCUT2D eigenvalue weighted by molar-refractivity contribution is -0.280. The number of fused-ring (bicyclic) bond motifs is 2. The first-order valence-electron chi connectivity index (χ1n) is 12.7. The maximum Gasteiger partial charge on any atom is 0.264 e. The summed E-state index contributed by atoms with van der Waals surface area (Å²) in [5.74, 6) is 1.95. The van der Waals surface area contributed by atoms with Gasteiger partial charge < -0.3 is 9.47 Å². The molecule has 180 valence electrons. The quantitative estimate of drug-likeness (QED) is 0.592. The normalized spacial score (nSPS) is 42.8. The fourth-order valence-corrected chi connectivity index (χ4v) is 9.51. The zero-order valence-corrected chi connectivity index (χ0v) is 20.7. The molecule has 8 rings (SSSR count). The summed E-state index contributed by atoms with van der Waals surface area (Å²) in [5.41, 5.74) is 3.68. The number of hydrogen-bond acceptors (Lipinski definition) is 6. The van der Waals surface area contributed by atoms with E-state index in [9.17, 15) is 8.42 Å². The highest BCUT2D eigenvalue weighted by Crippen LogP contribution is 2.76. The van der Waals surface area contributed by atoms with Crippen LogP contribution in [0.2, 0.25) is 0 Å². The van der Waals surface area contributed by atoms with Gasteiger partial charge in [-0.3, -0.25) is 9.08 Å². The number of ether oxygens (including phenoxy) is 2. The number of likely N-dealkylation sites (tertiary alicyclic amines) is 1. The van der Waals surface area contributed by atoms with Gasteiger partial charge in [0.05, 0.1) is 12.9 Å². The molecule has 2 heterocycles. The van der Waals surface area contributed by atoms with Crippen molar-refractivity contribution in [2.24, 2.45) is 17.3 Å². The highest BCUT2D eigenvalue weighted by atomic mass is 32.2. The van der Waals surface area contributed by atoms with Crippen molar-refractivity contribution in [3.63, 3.8) is 0 Å². The lowest BCUT2D eigenvalue weighted by Gasteiger charge is -2.74. The van der Waals surface area contributed by atoms with Gasteiger partial charge in [-0.25, -0.2) is 0 Å². The summed E-state index contributed by atoms with van der Waals surface area (Å²) in [6, 6.07) is 5.07. The summed E-state index contributed by atoms with van der Waals surface area (Å²) < 4.78 is 42.7. The Hall–Kier alpha value is -1.15. The number of hydrogen-bond donors (Lipinski definition) is 0. The predicted molar refractivity (Wildman–Crippen MR) is 124 cm³/mol. The molecule has 0 aromatic heterocycles. The van der Waals surface area contributed by atoms with Gasteiger partial charge in [0.1, 0.15) is 17.5 Å². The van der Waals surface area contributed by atoms with E-state index in [-0.39, 0.29) is 29.5 Å². The number of rotatable bonds is 6. The van der Waals surface area contributed by atoms with Crippen LogP contribution in [0.25, 0.3) is 0 Å². The molecule has 7 aliphatic rings. The molecule has 2 unspecified atom stereocenters. The average Bonchev–Trinajstić information content (AvgIpc) is 3.52. The fraction of sp³-hybridized carbons (Fsp3) is 0.769. The second-order valence-corrected chi connectivity index (χ2v) is 13.5. The molecule has 5 aliphatic carbocycles. The van der Waals surface area contributed by atoms with E-state index in [2.05, 4.69) is 24.0 Å². The smallest absolute Gasteiger partial charge is 0.264 e. The molecule has 2 spiro atoms. The Bertz CT molecular complexity index is 1130. The zero-order valence-electron chi connectivity index (χ0n) is 19.9. The van der Waals surface area contributed by atoms with Crippen molar-refractivity contribution in [2.45, 2.75) is 75.0 Å². The predicted octanol–water partition coefficient (Wildman–Crippen LogP) is 3.20. The lowest BCUT2D eigenvalue weighted by Crippen LogP contribution is -2.81. The molecule has 4 saturated carbocycles. The maximum atomic E-state index is 12.0. The molecule has 0 N–H and O–H groups in total. The summed E-state index contributed by atoms with van der Waals surface area (Å²) >= 11 is 0. The Kier molecular flexibility index (Phi) is 4.19. The second kappa shape index (κ2) is 6.54. The Labute approximate surface area is 197 Å². The standard InChI is InChI=1S/C26H35NO5S/c1-16-4-7-18-12-20-24-8-9-26(30-2,19(13-24)15-31-33(3,28)29)23-25(24,21(18)22(16)32-23)10-11-27(20)14-17-5-6-17/h4,7,17,19-20,23H,5-6,8-15H2,1-3H3/t19-,20-,23?,24-,25+,26?/m1/s1. The summed E-state index contributed by atoms with van der Waals surface area (Å²) in [6.07, 6.45) is 8.97. The average molecular weight is 474 g/mol. The molecular formula is C26H35NO5S. The summed E-state index contributed by atoms with van der Waals surface area (Å²) in [7, 11) is -1.72. The Balaban J connectivity index is 1.41. The van der Waals surface area contributed by atoms with Crippen LogP contribution < -0.4 is 4.74 Å². The van der Waals surface area contributed by atoms with Gasteiger partial charge in [-0.15, -0.1) is 0 Å². The van der Waals surface area contributed by atoms with Crippen LogP contribution in [-0.4, -0.2) is 64.1 Å². The van der Waals surface area contributed by atoms with E-state index in [1.165, 1.54) is 36.1 Å². The summed E-state index contributed by atoms with van der Waals surface area (Å²) in [4.78, 5) is 2.81. The third kappa shape index (κ3) is 2.52. The van der Waals surface area contributed by atoms with Gasteiger partial charge in [-0.2, -0.15) is 8.42 Å². The van der Waals surface area contributed by atoms with E-state index in [0.29, 0.717) is 6.04 Å². The molecule has 7 heteroatoms. The zero-order chi connectivity index (χ0) is 22.8. The molecule has 1 saturated heterocycles. The minimum Gasteiger partial charge on any atom is -0.486 e. The van der Waals surface area contributed by atoms with Crippen molar-refractivity contribution in [1.82, 2.24) is 4.90 Å². The Morgan fingerprint density at radius 3 is 2.76 bits per heavy atom. The van der Waals surface area contributed by atoms with Crippen LogP contribution in [0.3, 0.4) is 0 Å². The van der Waals surface area contributed by atoms with Crippen molar-refractivity contribution in [3.8, 4) is 5.75 Å². The fourth-order valence-electron chi connectivity index (χ4n) is 9.10. The molecule has 5 fully saturated rings. The summed E-state index contributed by atoms with van der Waals surface area (Å²) in [6.45, 7) is 4.68. The SMILES string of the molecule is COC12CC[C@@]3(C[C@@H]1COS(C)(=O)=O)[C@H]1Cc4ccc(C)c5c4[C@@]3(CCN1CC1CC1)C2O5. The molecule has 0 amide bonds. The molecule has 1 aromatic rings. The minimum atomic E-state index is -3.52. The van der Waals surface area contributed by atoms with Crippen LogP contribution in [0.15, 0.2) is 12.1 Å². The molecule has 6 atom stereocenters.